The van der Waals surface area contributed by atoms with E-state index in [1.54, 1.807) is 12.2 Å². The van der Waals surface area contributed by atoms with E-state index in [0.717, 1.165) is 29.6 Å². The summed E-state index contributed by atoms with van der Waals surface area (Å²) in [5, 5.41) is 18.3. The second-order valence-corrected chi connectivity index (χ2v) is 7.30. The normalized spacial score (nSPS) is 13.0. The molecule has 0 heterocycles. The van der Waals surface area contributed by atoms with Gasteiger partial charge in [-0.25, -0.2) is 4.79 Å². The lowest BCUT2D eigenvalue weighted by Gasteiger charge is -2.10. The van der Waals surface area contributed by atoms with Crippen LogP contribution in [0.4, 0.5) is 0 Å². The fourth-order valence-corrected chi connectivity index (χ4v) is 2.50. The van der Waals surface area contributed by atoms with Crippen molar-refractivity contribution in [1.29, 1.82) is 0 Å². The summed E-state index contributed by atoms with van der Waals surface area (Å²) in [6.07, 6.45) is 9.52. The minimum absolute atomic E-state index is 0.0296. The predicted octanol–water partition coefficient (Wildman–Crippen LogP) is 4.98. The van der Waals surface area contributed by atoms with Gasteiger partial charge in [0.15, 0.2) is 0 Å². The fraction of sp³-hybridized carbons (Fsp3) is 0.565. The van der Waals surface area contributed by atoms with Crippen LogP contribution in [0.15, 0.2) is 47.1 Å². The Morgan fingerprint density at radius 1 is 1.00 bits per heavy atom. The Morgan fingerprint density at radius 2 is 1.64 bits per heavy atom. The molecule has 0 aliphatic rings. The standard InChI is InChI=1S/C23H36O5/c1-17(2)19(4)12-13-22(23(26)27)11-7-10-21(16-28-20(5)25)9-6-8-18(3)14-15-24/h9,11,14,17,24H,4,6-8,10,12-13,15-16H2,1-3,5H3,(H,26,27)/b18-14-,21-9-,22-11-. The van der Waals surface area contributed by atoms with E-state index in [0.29, 0.717) is 37.2 Å². The molecule has 0 aromatic carbocycles. The Bertz CT molecular complexity index is 608. The molecular formula is C23H36O5. The monoisotopic (exact) mass is 392 g/mol. The highest BCUT2D eigenvalue weighted by atomic mass is 16.5. The van der Waals surface area contributed by atoms with Crippen LogP contribution in [0.3, 0.4) is 0 Å². The first-order chi connectivity index (χ1) is 13.2. The number of hydrogen-bond donors (Lipinski definition) is 2. The molecule has 0 aromatic heterocycles. The van der Waals surface area contributed by atoms with Crippen LogP contribution >= 0.6 is 0 Å². The maximum Gasteiger partial charge on any atom is 0.331 e. The average Bonchev–Trinajstić information content (AvgIpc) is 2.61. The molecule has 0 spiro atoms. The van der Waals surface area contributed by atoms with Crippen molar-refractivity contribution >= 4 is 11.9 Å². The summed E-state index contributed by atoms with van der Waals surface area (Å²) >= 11 is 0. The Kier molecular flexibility index (Phi) is 13.7. The molecule has 0 aliphatic carbocycles. The fourth-order valence-electron chi connectivity index (χ4n) is 2.50. The number of rotatable bonds is 14. The van der Waals surface area contributed by atoms with Gasteiger partial charge < -0.3 is 14.9 Å². The van der Waals surface area contributed by atoms with Crippen molar-refractivity contribution in [3.05, 3.63) is 47.1 Å². The van der Waals surface area contributed by atoms with Gasteiger partial charge in [-0.1, -0.05) is 49.8 Å². The van der Waals surface area contributed by atoms with Crippen molar-refractivity contribution in [2.24, 2.45) is 5.92 Å². The molecule has 0 atom stereocenters. The van der Waals surface area contributed by atoms with Crippen molar-refractivity contribution < 1.29 is 24.5 Å². The molecule has 0 saturated carbocycles. The van der Waals surface area contributed by atoms with E-state index in [9.17, 15) is 14.7 Å². The summed E-state index contributed by atoms with van der Waals surface area (Å²) < 4.78 is 5.11. The van der Waals surface area contributed by atoms with Gasteiger partial charge in [0.25, 0.3) is 0 Å². The lowest BCUT2D eigenvalue weighted by atomic mass is 9.96. The van der Waals surface area contributed by atoms with Gasteiger partial charge in [-0.2, -0.15) is 0 Å². The Hall–Kier alpha value is -2.14. The van der Waals surface area contributed by atoms with Crippen LogP contribution in [0.25, 0.3) is 0 Å². The highest BCUT2D eigenvalue weighted by molar-refractivity contribution is 5.86. The summed E-state index contributed by atoms with van der Waals surface area (Å²) in [6, 6.07) is 0. The summed E-state index contributed by atoms with van der Waals surface area (Å²) in [5.74, 6) is -0.889. The van der Waals surface area contributed by atoms with Gasteiger partial charge in [-0.3, -0.25) is 4.79 Å². The highest BCUT2D eigenvalue weighted by Crippen LogP contribution is 2.19. The largest absolute Gasteiger partial charge is 0.478 e. The van der Waals surface area contributed by atoms with E-state index in [2.05, 4.69) is 20.4 Å². The number of esters is 1. The number of carbonyl (C=O) groups is 2. The molecule has 0 fully saturated rings. The first kappa shape index (κ1) is 25.9. The maximum absolute atomic E-state index is 11.5. The molecule has 0 rings (SSSR count). The third-order valence-corrected chi connectivity index (χ3v) is 4.54. The zero-order valence-electron chi connectivity index (χ0n) is 17.8. The van der Waals surface area contributed by atoms with Gasteiger partial charge in [0.1, 0.15) is 6.61 Å². The van der Waals surface area contributed by atoms with Gasteiger partial charge in [0.2, 0.25) is 0 Å². The average molecular weight is 393 g/mol. The number of aliphatic hydroxyl groups excluding tert-OH is 1. The topological polar surface area (TPSA) is 83.8 Å². The highest BCUT2D eigenvalue weighted by Gasteiger charge is 2.09. The van der Waals surface area contributed by atoms with Crippen LogP contribution in [-0.2, 0) is 14.3 Å². The zero-order chi connectivity index (χ0) is 21.5. The summed E-state index contributed by atoms with van der Waals surface area (Å²) in [5.41, 5.74) is 3.52. The Balaban J connectivity index is 4.86. The van der Waals surface area contributed by atoms with E-state index in [1.807, 2.05) is 13.0 Å². The van der Waals surface area contributed by atoms with Crippen molar-refractivity contribution in [1.82, 2.24) is 0 Å². The van der Waals surface area contributed by atoms with Crippen molar-refractivity contribution in [3.8, 4) is 0 Å². The quantitative estimate of drug-likeness (QED) is 0.247. The number of carboxylic acids is 1. The minimum atomic E-state index is -0.896. The van der Waals surface area contributed by atoms with Gasteiger partial charge >= 0.3 is 11.9 Å². The molecular weight excluding hydrogens is 356 g/mol. The number of ether oxygens (including phenoxy) is 1. The van der Waals surface area contributed by atoms with Crippen LogP contribution in [0.2, 0.25) is 0 Å². The number of carboxylic acid groups (broad SMARTS) is 1. The SMILES string of the molecule is C=C(CC/C(=C/CC/C(=C/CC/C(C)=C\CO)COC(C)=O)C(=O)O)C(C)C. The van der Waals surface area contributed by atoms with Crippen LogP contribution in [0, 0.1) is 5.92 Å². The molecule has 0 saturated heterocycles. The molecule has 28 heavy (non-hydrogen) atoms. The Morgan fingerprint density at radius 3 is 2.18 bits per heavy atom. The molecule has 158 valence electrons. The van der Waals surface area contributed by atoms with Crippen LogP contribution < -0.4 is 0 Å². The number of hydrogen-bond acceptors (Lipinski definition) is 4. The van der Waals surface area contributed by atoms with E-state index >= 15 is 0 Å². The molecule has 0 amide bonds. The molecule has 0 radical (unpaired) electrons. The van der Waals surface area contributed by atoms with Gasteiger partial charge in [-0.15, -0.1) is 0 Å². The third kappa shape index (κ3) is 13.1. The number of aliphatic hydroxyl groups is 1. The Labute approximate surface area is 169 Å². The summed E-state index contributed by atoms with van der Waals surface area (Å²) in [7, 11) is 0. The maximum atomic E-state index is 11.5. The van der Waals surface area contributed by atoms with E-state index in [-0.39, 0.29) is 19.2 Å². The van der Waals surface area contributed by atoms with Gasteiger partial charge in [0.05, 0.1) is 6.61 Å². The van der Waals surface area contributed by atoms with Crippen molar-refractivity contribution in [3.63, 3.8) is 0 Å². The van der Waals surface area contributed by atoms with Crippen LogP contribution in [0.5, 0.6) is 0 Å². The molecule has 5 heteroatoms. The predicted molar refractivity (Wildman–Crippen MR) is 113 cm³/mol. The molecule has 0 bridgehead atoms. The van der Waals surface area contributed by atoms with E-state index < -0.39 is 5.97 Å². The van der Waals surface area contributed by atoms with E-state index in [4.69, 9.17) is 9.84 Å². The van der Waals surface area contributed by atoms with E-state index in [1.165, 1.54) is 6.92 Å². The molecule has 0 aliphatic heterocycles. The minimum Gasteiger partial charge on any atom is -0.478 e. The van der Waals surface area contributed by atoms with Gasteiger partial charge in [-0.05, 0) is 56.9 Å². The van der Waals surface area contributed by atoms with Crippen molar-refractivity contribution in [2.75, 3.05) is 13.2 Å². The smallest absolute Gasteiger partial charge is 0.331 e. The number of allylic oxidation sites excluding steroid dienone is 4. The summed E-state index contributed by atoms with van der Waals surface area (Å²) in [6.45, 7) is 11.7. The second-order valence-electron chi connectivity index (χ2n) is 7.30. The van der Waals surface area contributed by atoms with Gasteiger partial charge in [0, 0.05) is 12.5 Å². The van der Waals surface area contributed by atoms with Crippen molar-refractivity contribution in [2.45, 2.75) is 66.2 Å². The molecule has 0 unspecified atom stereocenters. The lowest BCUT2D eigenvalue weighted by Crippen LogP contribution is -2.05. The van der Waals surface area contributed by atoms with Crippen LogP contribution in [-0.4, -0.2) is 35.4 Å². The summed E-state index contributed by atoms with van der Waals surface area (Å²) in [4.78, 5) is 22.6. The zero-order valence-corrected chi connectivity index (χ0v) is 17.8. The lowest BCUT2D eigenvalue weighted by molar-refractivity contribution is -0.140. The second kappa shape index (κ2) is 14.9. The number of carbonyl (C=O) groups excluding carboxylic acids is 1. The first-order valence-electron chi connectivity index (χ1n) is 9.85. The first-order valence-corrected chi connectivity index (χ1v) is 9.85. The molecule has 5 nitrogen and oxygen atoms in total. The number of aliphatic carboxylic acids is 1. The van der Waals surface area contributed by atoms with Crippen LogP contribution in [0.1, 0.15) is 66.2 Å². The third-order valence-electron chi connectivity index (χ3n) is 4.54. The molecule has 2 N–H and O–H groups in total. The molecule has 0 aromatic rings.